The summed E-state index contributed by atoms with van der Waals surface area (Å²) in [5.74, 6) is 0.567. The molecule has 0 aromatic heterocycles. The van der Waals surface area contributed by atoms with Crippen LogP contribution in [0.5, 0.6) is 0 Å². The van der Waals surface area contributed by atoms with E-state index in [-0.39, 0.29) is 24.0 Å². The summed E-state index contributed by atoms with van der Waals surface area (Å²) in [5, 5.41) is 5.65. The van der Waals surface area contributed by atoms with Crippen LogP contribution in [0, 0.1) is 11.8 Å². The van der Waals surface area contributed by atoms with Crippen molar-refractivity contribution in [1.82, 2.24) is 5.32 Å². The molecule has 1 saturated carbocycles. The summed E-state index contributed by atoms with van der Waals surface area (Å²) in [5.41, 5.74) is 0.661. The molecule has 1 heterocycles. The first-order valence-corrected chi connectivity index (χ1v) is 8.67. The maximum Gasteiger partial charge on any atom is 0.252 e. The number of fused-ring (bicyclic) bond motifs is 2. The van der Waals surface area contributed by atoms with E-state index in [1.54, 1.807) is 7.11 Å². The van der Waals surface area contributed by atoms with Crippen LogP contribution in [0.3, 0.4) is 0 Å². The van der Waals surface area contributed by atoms with Crippen LogP contribution in [0.4, 0.5) is 0 Å². The van der Waals surface area contributed by atoms with Crippen molar-refractivity contribution in [1.29, 1.82) is 0 Å². The van der Waals surface area contributed by atoms with Gasteiger partial charge in [-0.05, 0) is 23.9 Å². The van der Waals surface area contributed by atoms with Crippen LogP contribution in [0.1, 0.15) is 16.8 Å². The van der Waals surface area contributed by atoms with Gasteiger partial charge in [0.15, 0.2) is 0 Å². The Morgan fingerprint density at radius 3 is 2.92 bits per heavy atom. The van der Waals surface area contributed by atoms with Crippen LogP contribution in [-0.2, 0) is 9.47 Å². The fourth-order valence-corrected chi connectivity index (χ4v) is 4.37. The zero-order valence-corrected chi connectivity index (χ0v) is 14.3. The van der Waals surface area contributed by atoms with E-state index in [1.165, 1.54) is 0 Å². The van der Waals surface area contributed by atoms with Crippen LogP contribution < -0.4 is 5.32 Å². The largest absolute Gasteiger partial charge is 0.384 e. The second-order valence-electron chi connectivity index (χ2n) is 6.55. The molecular formula is C19H20ClNO3. The molecule has 126 valence electrons. The smallest absolute Gasteiger partial charge is 0.252 e. The van der Waals surface area contributed by atoms with Gasteiger partial charge in [0.25, 0.3) is 5.91 Å². The summed E-state index contributed by atoms with van der Waals surface area (Å²) in [7, 11) is 1.69. The first kappa shape index (κ1) is 15.9. The topological polar surface area (TPSA) is 47.6 Å². The van der Waals surface area contributed by atoms with E-state index >= 15 is 0 Å². The molecule has 0 radical (unpaired) electrons. The lowest BCUT2D eigenvalue weighted by atomic mass is 9.67. The Bertz CT molecular complexity index is 778. The summed E-state index contributed by atoms with van der Waals surface area (Å²) in [6.45, 7) is 1.37. The van der Waals surface area contributed by atoms with E-state index in [0.717, 1.165) is 23.8 Å². The van der Waals surface area contributed by atoms with Crippen LogP contribution in [0.25, 0.3) is 10.8 Å². The van der Waals surface area contributed by atoms with E-state index in [4.69, 9.17) is 21.1 Å². The number of halogens is 1. The Balaban J connectivity index is 1.60. The van der Waals surface area contributed by atoms with Gasteiger partial charge in [-0.1, -0.05) is 35.9 Å². The summed E-state index contributed by atoms with van der Waals surface area (Å²) in [6.07, 6.45) is 1.22. The van der Waals surface area contributed by atoms with Crippen LogP contribution >= 0.6 is 11.6 Å². The van der Waals surface area contributed by atoms with E-state index in [1.807, 2.05) is 36.4 Å². The number of hydrogen-bond acceptors (Lipinski definition) is 3. The van der Waals surface area contributed by atoms with Gasteiger partial charge < -0.3 is 14.8 Å². The highest BCUT2D eigenvalue weighted by Crippen LogP contribution is 2.44. The van der Waals surface area contributed by atoms with Gasteiger partial charge >= 0.3 is 0 Å². The van der Waals surface area contributed by atoms with Crippen molar-refractivity contribution in [2.45, 2.75) is 18.6 Å². The number of amides is 1. The van der Waals surface area contributed by atoms with E-state index in [2.05, 4.69) is 5.32 Å². The van der Waals surface area contributed by atoms with Gasteiger partial charge in [-0.15, -0.1) is 0 Å². The van der Waals surface area contributed by atoms with Gasteiger partial charge in [0.1, 0.15) is 0 Å². The summed E-state index contributed by atoms with van der Waals surface area (Å²) >= 11 is 6.25. The van der Waals surface area contributed by atoms with Crippen molar-refractivity contribution < 1.29 is 14.3 Å². The third-order valence-corrected chi connectivity index (χ3v) is 5.63. The number of ether oxygens (including phenoxy) is 2. The lowest BCUT2D eigenvalue weighted by Crippen LogP contribution is -2.62. The average Bonchev–Trinajstić information content (AvgIpc) is 3.02. The van der Waals surface area contributed by atoms with Gasteiger partial charge in [0.05, 0.1) is 12.7 Å². The Morgan fingerprint density at radius 2 is 2.08 bits per heavy atom. The molecule has 1 amide bonds. The molecular weight excluding hydrogens is 326 g/mol. The lowest BCUT2D eigenvalue weighted by molar-refractivity contribution is -0.0809. The molecule has 2 aromatic rings. The van der Waals surface area contributed by atoms with Crippen molar-refractivity contribution in [3.05, 3.63) is 47.0 Å². The SMILES string of the molecule is COC[C@H]1[C@@H](NC(=O)c2cccc3c(Cl)cccc23)[C@H]2CCO[C@H]21. The van der Waals surface area contributed by atoms with Gasteiger partial charge in [-0.3, -0.25) is 4.79 Å². The molecule has 0 unspecified atom stereocenters. The second kappa shape index (κ2) is 6.36. The van der Waals surface area contributed by atoms with Crippen molar-refractivity contribution in [2.24, 2.45) is 11.8 Å². The fraction of sp³-hybridized carbons (Fsp3) is 0.421. The monoisotopic (exact) mass is 345 g/mol. The zero-order valence-electron chi connectivity index (χ0n) is 13.5. The lowest BCUT2D eigenvalue weighted by Gasteiger charge is -2.47. The van der Waals surface area contributed by atoms with Crippen LogP contribution in [0.2, 0.25) is 5.02 Å². The molecule has 4 rings (SSSR count). The third-order valence-electron chi connectivity index (χ3n) is 5.30. The molecule has 1 N–H and O–H groups in total. The summed E-state index contributed by atoms with van der Waals surface area (Å²) < 4.78 is 11.1. The normalized spacial score (nSPS) is 28.4. The number of carbonyl (C=O) groups is 1. The summed E-state index contributed by atoms with van der Waals surface area (Å²) in [6, 6.07) is 11.4. The fourth-order valence-electron chi connectivity index (χ4n) is 4.13. The van der Waals surface area contributed by atoms with Gasteiger partial charge in [-0.2, -0.15) is 0 Å². The predicted octanol–water partition coefficient (Wildman–Crippen LogP) is 3.27. The van der Waals surface area contributed by atoms with Crippen molar-refractivity contribution >= 4 is 28.3 Å². The first-order valence-electron chi connectivity index (χ1n) is 8.29. The Kier molecular flexibility index (Phi) is 4.21. The van der Waals surface area contributed by atoms with Crippen molar-refractivity contribution in [3.63, 3.8) is 0 Å². The predicted molar refractivity (Wildman–Crippen MR) is 93.4 cm³/mol. The molecule has 2 aromatic carbocycles. The van der Waals surface area contributed by atoms with Crippen LogP contribution in [-0.4, -0.2) is 38.4 Å². The number of methoxy groups -OCH3 is 1. The molecule has 1 aliphatic carbocycles. The second-order valence-corrected chi connectivity index (χ2v) is 6.95. The molecule has 2 aliphatic rings. The van der Waals surface area contributed by atoms with Gasteiger partial charge in [0, 0.05) is 47.6 Å². The van der Waals surface area contributed by atoms with E-state index in [9.17, 15) is 4.79 Å². The Hall–Kier alpha value is -1.62. The molecule has 4 atom stereocenters. The minimum atomic E-state index is -0.0562. The van der Waals surface area contributed by atoms with Crippen LogP contribution in [0.15, 0.2) is 36.4 Å². The van der Waals surface area contributed by atoms with E-state index < -0.39 is 0 Å². The minimum Gasteiger partial charge on any atom is -0.384 e. The number of nitrogens with one attached hydrogen (secondary N) is 1. The van der Waals surface area contributed by atoms with Crippen molar-refractivity contribution in [2.75, 3.05) is 20.3 Å². The standard InChI is InChI=1S/C19H20ClNO3/c1-23-10-15-17(14-8-9-24-18(14)15)21-19(22)13-6-2-5-12-11(13)4-3-7-16(12)20/h2-7,14-15,17-18H,8-10H2,1H3,(H,21,22)/t14-,15+,17+,18-/m1/s1. The van der Waals surface area contributed by atoms with Crippen molar-refractivity contribution in [3.8, 4) is 0 Å². The highest BCUT2D eigenvalue weighted by Gasteiger charge is 2.54. The Morgan fingerprint density at radius 1 is 1.29 bits per heavy atom. The molecule has 1 saturated heterocycles. The maximum absolute atomic E-state index is 12.9. The number of carbonyl (C=O) groups excluding carboxylic acids is 1. The molecule has 0 spiro atoms. The molecule has 2 fully saturated rings. The minimum absolute atomic E-state index is 0.0562. The Labute approximate surface area is 146 Å². The molecule has 4 nitrogen and oxygen atoms in total. The zero-order chi connectivity index (χ0) is 16.7. The molecule has 0 bridgehead atoms. The first-order chi connectivity index (χ1) is 11.7. The average molecular weight is 346 g/mol. The highest BCUT2D eigenvalue weighted by molar-refractivity contribution is 6.36. The number of rotatable bonds is 4. The number of benzene rings is 2. The van der Waals surface area contributed by atoms with Gasteiger partial charge in [-0.25, -0.2) is 0 Å². The maximum atomic E-state index is 12.9. The summed E-state index contributed by atoms with van der Waals surface area (Å²) in [4.78, 5) is 12.9. The molecule has 1 aliphatic heterocycles. The van der Waals surface area contributed by atoms with E-state index in [0.29, 0.717) is 23.1 Å². The molecule has 5 heteroatoms. The highest BCUT2D eigenvalue weighted by atomic mass is 35.5. The number of hydrogen-bond donors (Lipinski definition) is 1. The quantitative estimate of drug-likeness (QED) is 0.925. The molecule has 24 heavy (non-hydrogen) atoms. The third kappa shape index (κ3) is 2.50. The van der Waals surface area contributed by atoms with Gasteiger partial charge in [0.2, 0.25) is 0 Å².